The molecule has 7 aromatic carbocycles. The highest BCUT2D eigenvalue weighted by molar-refractivity contribution is 6.11. The van der Waals surface area contributed by atoms with Gasteiger partial charge in [0.15, 0.2) is 17.5 Å². The Morgan fingerprint density at radius 1 is 0.319 bits per heavy atom. The van der Waals surface area contributed by atoms with E-state index < -0.39 is 0 Å². The molecular formula is C43H27N3O. The molecule has 0 atom stereocenters. The van der Waals surface area contributed by atoms with Crippen molar-refractivity contribution in [3.05, 3.63) is 164 Å². The van der Waals surface area contributed by atoms with Gasteiger partial charge in [0.2, 0.25) is 0 Å². The summed E-state index contributed by atoms with van der Waals surface area (Å²) in [5.74, 6) is 1.85. The minimum absolute atomic E-state index is 0.608. The average Bonchev–Trinajstić information content (AvgIpc) is 3.54. The number of fused-ring (bicyclic) bond motifs is 4. The summed E-state index contributed by atoms with van der Waals surface area (Å²) in [6.07, 6.45) is 0. The molecule has 0 aliphatic carbocycles. The average molecular weight is 602 g/mol. The van der Waals surface area contributed by atoms with E-state index in [-0.39, 0.29) is 0 Å². The van der Waals surface area contributed by atoms with Crippen LogP contribution in [0.4, 0.5) is 0 Å². The van der Waals surface area contributed by atoms with Crippen LogP contribution in [0.25, 0.3) is 89.1 Å². The van der Waals surface area contributed by atoms with Crippen molar-refractivity contribution >= 4 is 32.7 Å². The molecule has 47 heavy (non-hydrogen) atoms. The molecule has 4 nitrogen and oxygen atoms in total. The maximum Gasteiger partial charge on any atom is 0.164 e. The summed E-state index contributed by atoms with van der Waals surface area (Å²) in [6, 6.07) is 56.4. The lowest BCUT2D eigenvalue weighted by Gasteiger charge is -2.13. The summed E-state index contributed by atoms with van der Waals surface area (Å²) in [6.45, 7) is 0. The van der Waals surface area contributed by atoms with Gasteiger partial charge in [-0.25, -0.2) is 15.0 Å². The van der Waals surface area contributed by atoms with Crippen molar-refractivity contribution in [1.29, 1.82) is 0 Å². The molecule has 4 heteroatoms. The quantitative estimate of drug-likeness (QED) is 0.197. The summed E-state index contributed by atoms with van der Waals surface area (Å²) in [7, 11) is 0. The number of rotatable bonds is 5. The maximum atomic E-state index is 6.19. The molecule has 0 radical (unpaired) electrons. The highest BCUT2D eigenvalue weighted by atomic mass is 16.3. The number of nitrogens with zero attached hydrogens (tertiary/aromatic N) is 3. The van der Waals surface area contributed by atoms with Gasteiger partial charge in [0.05, 0.1) is 0 Å². The minimum atomic E-state index is 0.608. The normalized spacial score (nSPS) is 11.4. The van der Waals surface area contributed by atoms with E-state index >= 15 is 0 Å². The van der Waals surface area contributed by atoms with Crippen molar-refractivity contribution in [2.24, 2.45) is 0 Å². The number of hydrogen-bond donors (Lipinski definition) is 0. The molecule has 0 spiro atoms. The largest absolute Gasteiger partial charge is 0.456 e. The molecule has 0 saturated heterocycles. The van der Waals surface area contributed by atoms with Crippen molar-refractivity contribution in [3.63, 3.8) is 0 Å². The third-order valence-corrected chi connectivity index (χ3v) is 8.77. The Labute approximate surface area is 271 Å². The Kier molecular flexibility index (Phi) is 6.43. The fourth-order valence-electron chi connectivity index (χ4n) is 6.53. The van der Waals surface area contributed by atoms with Gasteiger partial charge in [-0.2, -0.15) is 0 Å². The van der Waals surface area contributed by atoms with Crippen LogP contribution in [0.5, 0.6) is 0 Å². The topological polar surface area (TPSA) is 51.8 Å². The van der Waals surface area contributed by atoms with Crippen molar-refractivity contribution in [1.82, 2.24) is 15.0 Å². The smallest absolute Gasteiger partial charge is 0.164 e. The lowest BCUT2D eigenvalue weighted by atomic mass is 9.91. The lowest BCUT2D eigenvalue weighted by Crippen LogP contribution is -2.00. The number of aromatic nitrogens is 3. The molecule has 2 aromatic heterocycles. The molecule has 0 fully saturated rings. The first-order valence-corrected chi connectivity index (χ1v) is 15.7. The van der Waals surface area contributed by atoms with Crippen molar-refractivity contribution in [2.45, 2.75) is 0 Å². The number of para-hydroxylation sites is 1. The van der Waals surface area contributed by atoms with Crippen molar-refractivity contribution in [3.8, 4) is 56.4 Å². The number of furan rings is 1. The second-order valence-corrected chi connectivity index (χ2v) is 11.6. The van der Waals surface area contributed by atoms with Crippen LogP contribution in [0.15, 0.2) is 168 Å². The highest BCUT2D eigenvalue weighted by Crippen LogP contribution is 2.38. The van der Waals surface area contributed by atoms with Crippen LogP contribution in [-0.4, -0.2) is 15.0 Å². The van der Waals surface area contributed by atoms with Gasteiger partial charge in [-0.3, -0.25) is 0 Å². The first-order chi connectivity index (χ1) is 23.3. The zero-order chi connectivity index (χ0) is 31.2. The van der Waals surface area contributed by atoms with Crippen LogP contribution < -0.4 is 0 Å². The van der Waals surface area contributed by atoms with E-state index in [1.54, 1.807) is 0 Å². The van der Waals surface area contributed by atoms with Gasteiger partial charge >= 0.3 is 0 Å². The van der Waals surface area contributed by atoms with E-state index in [0.29, 0.717) is 17.5 Å². The number of hydrogen-bond acceptors (Lipinski definition) is 4. The standard InChI is InChI=1S/C43H27N3O/c1-2-13-30(14-3-1)41-44-42(46-43(45-41)37-21-11-23-39-40(37)36-19-8-9-22-38(36)47-39)31-26-24-29(25-27-31)33-17-6-7-18-34(33)35-20-10-15-28-12-4-5-16-32(28)35/h1-27H. The van der Waals surface area contributed by atoms with E-state index in [4.69, 9.17) is 19.4 Å². The highest BCUT2D eigenvalue weighted by Gasteiger charge is 2.18. The molecule has 9 aromatic rings. The zero-order valence-electron chi connectivity index (χ0n) is 25.3. The van der Waals surface area contributed by atoms with E-state index in [1.165, 1.54) is 27.5 Å². The zero-order valence-corrected chi connectivity index (χ0v) is 25.3. The predicted molar refractivity (Wildman–Crippen MR) is 192 cm³/mol. The fraction of sp³-hybridized carbons (Fsp3) is 0. The first kappa shape index (κ1) is 27.0. The van der Waals surface area contributed by atoms with Crippen molar-refractivity contribution < 1.29 is 4.42 Å². The van der Waals surface area contributed by atoms with Gasteiger partial charge in [-0.15, -0.1) is 0 Å². The van der Waals surface area contributed by atoms with Crippen LogP contribution in [0.2, 0.25) is 0 Å². The van der Waals surface area contributed by atoms with Gasteiger partial charge in [0.1, 0.15) is 11.2 Å². The molecule has 0 N–H and O–H groups in total. The summed E-state index contributed by atoms with van der Waals surface area (Å²) in [5, 5.41) is 4.51. The maximum absolute atomic E-state index is 6.19. The van der Waals surface area contributed by atoms with E-state index in [0.717, 1.165) is 44.2 Å². The predicted octanol–water partition coefficient (Wildman–Crippen LogP) is 11.3. The van der Waals surface area contributed by atoms with E-state index in [9.17, 15) is 0 Å². The molecule has 2 heterocycles. The van der Waals surface area contributed by atoms with Gasteiger partial charge in [0.25, 0.3) is 0 Å². The van der Waals surface area contributed by atoms with Gasteiger partial charge in [0, 0.05) is 27.5 Å². The summed E-state index contributed by atoms with van der Waals surface area (Å²) >= 11 is 0. The molecule has 0 aliphatic heterocycles. The van der Waals surface area contributed by atoms with Crippen LogP contribution in [0, 0.1) is 0 Å². The molecule has 0 amide bonds. The van der Waals surface area contributed by atoms with Gasteiger partial charge in [-0.05, 0) is 45.2 Å². The third kappa shape index (κ3) is 4.75. The third-order valence-electron chi connectivity index (χ3n) is 8.77. The summed E-state index contributed by atoms with van der Waals surface area (Å²) < 4.78 is 6.19. The molecular weight excluding hydrogens is 574 g/mol. The lowest BCUT2D eigenvalue weighted by molar-refractivity contribution is 0.669. The Balaban J connectivity index is 1.18. The van der Waals surface area contributed by atoms with E-state index in [1.807, 2.05) is 60.7 Å². The summed E-state index contributed by atoms with van der Waals surface area (Å²) in [5.41, 5.74) is 9.13. The van der Waals surface area contributed by atoms with E-state index in [2.05, 4.69) is 103 Å². The Bertz CT molecular complexity index is 2560. The Morgan fingerprint density at radius 2 is 0.851 bits per heavy atom. The van der Waals surface area contributed by atoms with Crippen LogP contribution in [-0.2, 0) is 0 Å². The van der Waals surface area contributed by atoms with Crippen LogP contribution in [0.3, 0.4) is 0 Å². The second kappa shape index (κ2) is 11.2. The second-order valence-electron chi connectivity index (χ2n) is 11.6. The minimum Gasteiger partial charge on any atom is -0.456 e. The van der Waals surface area contributed by atoms with Crippen LogP contribution in [0.1, 0.15) is 0 Å². The Morgan fingerprint density at radius 3 is 1.68 bits per heavy atom. The molecule has 0 aliphatic rings. The Hall–Kier alpha value is -6.39. The molecule has 9 rings (SSSR count). The molecule has 220 valence electrons. The van der Waals surface area contributed by atoms with Crippen LogP contribution >= 0.6 is 0 Å². The molecule has 0 unspecified atom stereocenters. The monoisotopic (exact) mass is 601 g/mol. The summed E-state index contributed by atoms with van der Waals surface area (Å²) in [4.78, 5) is 15.1. The van der Waals surface area contributed by atoms with Gasteiger partial charge < -0.3 is 4.42 Å². The first-order valence-electron chi connectivity index (χ1n) is 15.7. The fourth-order valence-corrected chi connectivity index (χ4v) is 6.53. The molecule has 0 bridgehead atoms. The molecule has 0 saturated carbocycles. The van der Waals surface area contributed by atoms with Crippen molar-refractivity contribution in [2.75, 3.05) is 0 Å². The van der Waals surface area contributed by atoms with Gasteiger partial charge in [-0.1, -0.05) is 152 Å². The number of benzene rings is 7. The SMILES string of the molecule is c1ccc(-c2nc(-c3ccc(-c4ccccc4-c4cccc5ccccc45)cc3)nc(-c3cccc4oc5ccccc5c34)n2)cc1.